The van der Waals surface area contributed by atoms with Crippen molar-refractivity contribution in [1.82, 2.24) is 9.80 Å². The van der Waals surface area contributed by atoms with Crippen LogP contribution in [0.3, 0.4) is 0 Å². The van der Waals surface area contributed by atoms with E-state index in [9.17, 15) is 9.59 Å². The monoisotopic (exact) mass is 387 g/mol. The van der Waals surface area contributed by atoms with Gasteiger partial charge in [-0.3, -0.25) is 9.59 Å². The van der Waals surface area contributed by atoms with Crippen LogP contribution in [-0.2, 0) is 4.79 Å². The van der Waals surface area contributed by atoms with Crippen LogP contribution in [0, 0.1) is 0 Å². The Hall–Kier alpha value is -2.73. The molecule has 0 saturated carbocycles. The number of anilines is 1. The first-order chi connectivity index (χ1) is 13.0. The predicted molar refractivity (Wildman–Crippen MR) is 106 cm³/mol. The van der Waals surface area contributed by atoms with E-state index in [2.05, 4.69) is 0 Å². The van der Waals surface area contributed by atoms with E-state index < -0.39 is 0 Å². The minimum Gasteiger partial charge on any atom is -0.472 e. The van der Waals surface area contributed by atoms with Crippen molar-refractivity contribution in [1.29, 1.82) is 0 Å². The molecule has 0 unspecified atom stereocenters. The summed E-state index contributed by atoms with van der Waals surface area (Å²) in [6.45, 7) is 2.00. The van der Waals surface area contributed by atoms with Crippen molar-refractivity contribution < 1.29 is 14.0 Å². The fourth-order valence-corrected chi connectivity index (χ4v) is 3.13. The molecule has 1 aliphatic heterocycles. The Morgan fingerprint density at radius 1 is 1.11 bits per heavy atom. The third kappa shape index (κ3) is 4.52. The van der Waals surface area contributed by atoms with Gasteiger partial charge in [-0.05, 0) is 29.8 Å². The summed E-state index contributed by atoms with van der Waals surface area (Å²) in [6.07, 6.45) is 6.18. The van der Waals surface area contributed by atoms with Crippen molar-refractivity contribution in [3.8, 4) is 0 Å². The smallest absolute Gasteiger partial charge is 0.257 e. The first-order valence-electron chi connectivity index (χ1n) is 8.71. The molecule has 27 heavy (non-hydrogen) atoms. The lowest BCUT2D eigenvalue weighted by atomic mass is 10.1. The fraction of sp³-hybridized carbons (Fsp3) is 0.300. The molecular formula is C20H22ClN3O3. The van der Waals surface area contributed by atoms with Gasteiger partial charge in [0, 0.05) is 57.1 Å². The van der Waals surface area contributed by atoms with E-state index >= 15 is 0 Å². The summed E-state index contributed by atoms with van der Waals surface area (Å²) >= 11 is 6.29. The largest absolute Gasteiger partial charge is 0.472 e. The van der Waals surface area contributed by atoms with Crippen LogP contribution in [-0.4, -0.2) is 61.9 Å². The number of benzene rings is 1. The summed E-state index contributed by atoms with van der Waals surface area (Å²) in [7, 11) is 3.89. The number of amides is 2. The van der Waals surface area contributed by atoms with Gasteiger partial charge in [0.25, 0.3) is 5.91 Å². The van der Waals surface area contributed by atoms with Crippen LogP contribution in [0.2, 0.25) is 5.02 Å². The number of carbonyl (C=O) groups is 2. The van der Waals surface area contributed by atoms with Gasteiger partial charge in [0.05, 0.1) is 11.8 Å². The van der Waals surface area contributed by atoms with Gasteiger partial charge in [-0.15, -0.1) is 0 Å². The molecule has 1 fully saturated rings. The molecule has 1 aromatic carbocycles. The highest BCUT2D eigenvalue weighted by Crippen LogP contribution is 2.23. The SMILES string of the molecule is CN(C)c1ccc(/C=C/C(=O)N2CCN(C(=O)c3ccoc3)CC2)c(Cl)c1. The second-order valence-electron chi connectivity index (χ2n) is 6.56. The molecule has 2 aromatic rings. The third-order valence-corrected chi connectivity index (χ3v) is 4.88. The maximum Gasteiger partial charge on any atom is 0.257 e. The summed E-state index contributed by atoms with van der Waals surface area (Å²) in [5.41, 5.74) is 2.33. The fourth-order valence-electron chi connectivity index (χ4n) is 2.89. The number of piperazine rings is 1. The van der Waals surface area contributed by atoms with Crippen LogP contribution < -0.4 is 4.90 Å². The van der Waals surface area contributed by atoms with E-state index in [4.69, 9.17) is 16.0 Å². The van der Waals surface area contributed by atoms with Gasteiger partial charge in [-0.25, -0.2) is 0 Å². The van der Waals surface area contributed by atoms with Crippen LogP contribution in [0.5, 0.6) is 0 Å². The summed E-state index contributed by atoms with van der Waals surface area (Å²) in [4.78, 5) is 30.2. The Kier molecular flexibility index (Phi) is 5.86. The average molecular weight is 388 g/mol. The van der Waals surface area contributed by atoms with Crippen molar-refractivity contribution in [2.75, 3.05) is 45.2 Å². The number of carbonyl (C=O) groups excluding carboxylic acids is 2. The average Bonchev–Trinajstić information content (AvgIpc) is 3.21. The van der Waals surface area contributed by atoms with Crippen molar-refractivity contribution in [3.63, 3.8) is 0 Å². The zero-order valence-corrected chi connectivity index (χ0v) is 16.1. The molecule has 0 N–H and O–H groups in total. The van der Waals surface area contributed by atoms with Gasteiger partial charge in [0.1, 0.15) is 6.26 Å². The lowest BCUT2D eigenvalue weighted by molar-refractivity contribution is -0.127. The Morgan fingerprint density at radius 2 is 1.81 bits per heavy atom. The lowest BCUT2D eigenvalue weighted by Gasteiger charge is -2.34. The number of halogens is 1. The summed E-state index contributed by atoms with van der Waals surface area (Å²) in [5.74, 6) is -0.155. The number of furan rings is 1. The second-order valence-corrected chi connectivity index (χ2v) is 6.97. The topological polar surface area (TPSA) is 57.0 Å². The summed E-state index contributed by atoms with van der Waals surface area (Å²) < 4.78 is 4.96. The van der Waals surface area contributed by atoms with Crippen molar-refractivity contribution in [3.05, 3.63) is 59.0 Å². The molecule has 0 radical (unpaired) electrons. The lowest BCUT2D eigenvalue weighted by Crippen LogP contribution is -2.50. The van der Waals surface area contributed by atoms with Crippen molar-refractivity contribution in [2.45, 2.75) is 0 Å². The van der Waals surface area contributed by atoms with Gasteiger partial charge < -0.3 is 19.1 Å². The molecule has 2 heterocycles. The van der Waals surface area contributed by atoms with E-state index in [1.807, 2.05) is 37.2 Å². The summed E-state index contributed by atoms with van der Waals surface area (Å²) in [6, 6.07) is 7.36. The molecule has 0 atom stereocenters. The Bertz CT molecular complexity index is 838. The molecule has 6 nitrogen and oxygen atoms in total. The normalized spacial score (nSPS) is 14.6. The van der Waals surface area contributed by atoms with Gasteiger partial charge >= 0.3 is 0 Å². The highest BCUT2D eigenvalue weighted by molar-refractivity contribution is 6.32. The zero-order chi connectivity index (χ0) is 19.4. The molecule has 3 rings (SSSR count). The standard InChI is InChI=1S/C20H22ClN3O3/c1-22(2)17-5-3-15(18(21)13-17)4-6-19(25)23-8-10-24(11-9-23)20(26)16-7-12-27-14-16/h3-7,12-14H,8-11H2,1-2H3/b6-4+. The number of hydrogen-bond donors (Lipinski definition) is 0. The van der Waals surface area contributed by atoms with Crippen LogP contribution in [0.15, 0.2) is 47.3 Å². The molecule has 0 aliphatic carbocycles. The summed E-state index contributed by atoms with van der Waals surface area (Å²) in [5, 5.41) is 0.598. The molecule has 7 heteroatoms. The molecule has 0 bridgehead atoms. The molecule has 142 valence electrons. The molecule has 1 aliphatic rings. The Labute approximate surface area is 163 Å². The molecular weight excluding hydrogens is 366 g/mol. The van der Waals surface area contributed by atoms with Crippen LogP contribution in [0.1, 0.15) is 15.9 Å². The highest BCUT2D eigenvalue weighted by atomic mass is 35.5. The Balaban J connectivity index is 1.56. The number of hydrogen-bond acceptors (Lipinski definition) is 4. The molecule has 1 aromatic heterocycles. The minimum absolute atomic E-state index is 0.0702. The minimum atomic E-state index is -0.0850. The third-order valence-electron chi connectivity index (χ3n) is 4.55. The van der Waals surface area contributed by atoms with Crippen LogP contribution >= 0.6 is 11.6 Å². The van der Waals surface area contributed by atoms with E-state index in [-0.39, 0.29) is 11.8 Å². The van der Waals surface area contributed by atoms with Gasteiger partial charge in [-0.1, -0.05) is 17.7 Å². The van der Waals surface area contributed by atoms with E-state index in [1.54, 1.807) is 21.9 Å². The van der Waals surface area contributed by atoms with Crippen molar-refractivity contribution in [2.24, 2.45) is 0 Å². The van der Waals surface area contributed by atoms with E-state index in [0.717, 1.165) is 11.3 Å². The van der Waals surface area contributed by atoms with E-state index in [1.165, 1.54) is 18.6 Å². The first-order valence-corrected chi connectivity index (χ1v) is 9.09. The Morgan fingerprint density at radius 3 is 2.41 bits per heavy atom. The van der Waals surface area contributed by atoms with Gasteiger partial charge in [0.2, 0.25) is 5.91 Å². The number of nitrogens with zero attached hydrogens (tertiary/aromatic N) is 3. The molecule has 1 saturated heterocycles. The predicted octanol–water partition coefficient (Wildman–Crippen LogP) is 3.00. The maximum absolute atomic E-state index is 12.4. The number of rotatable bonds is 4. The zero-order valence-electron chi connectivity index (χ0n) is 15.4. The van der Waals surface area contributed by atoms with Crippen LogP contribution in [0.4, 0.5) is 5.69 Å². The second kappa shape index (κ2) is 8.31. The maximum atomic E-state index is 12.4. The van der Waals surface area contributed by atoms with Crippen molar-refractivity contribution >= 4 is 35.2 Å². The quantitative estimate of drug-likeness (QED) is 0.757. The van der Waals surface area contributed by atoms with Gasteiger partial charge in [0.15, 0.2) is 0 Å². The van der Waals surface area contributed by atoms with Gasteiger partial charge in [-0.2, -0.15) is 0 Å². The molecule has 0 spiro atoms. The van der Waals surface area contributed by atoms with E-state index in [0.29, 0.717) is 36.8 Å². The van der Waals surface area contributed by atoms with Crippen LogP contribution in [0.25, 0.3) is 6.08 Å². The molecule has 2 amide bonds. The highest BCUT2D eigenvalue weighted by Gasteiger charge is 2.24. The first kappa shape index (κ1) is 19.0.